The molecule has 1 heterocycles. The van der Waals surface area contributed by atoms with Crippen molar-refractivity contribution in [1.82, 2.24) is 14.5 Å². The zero-order valence-electron chi connectivity index (χ0n) is 24.4. The van der Waals surface area contributed by atoms with Crippen LogP contribution in [0.1, 0.15) is 62.5 Å². The molecule has 5 rings (SSSR count). The molecule has 1 aliphatic rings. The summed E-state index contributed by atoms with van der Waals surface area (Å²) in [5.41, 5.74) is 3.52. The number of methoxy groups -OCH3 is 2. The predicted molar refractivity (Wildman–Crippen MR) is 162 cm³/mol. The summed E-state index contributed by atoms with van der Waals surface area (Å²) in [4.78, 5) is 35.0. The summed E-state index contributed by atoms with van der Waals surface area (Å²) >= 11 is 0. The summed E-state index contributed by atoms with van der Waals surface area (Å²) in [6.07, 6.45) is 5.05. The van der Waals surface area contributed by atoms with Crippen LogP contribution in [0.4, 0.5) is 0 Å². The number of benzene rings is 3. The third-order valence-corrected chi connectivity index (χ3v) is 8.29. The van der Waals surface area contributed by atoms with Gasteiger partial charge in [-0.1, -0.05) is 50.6 Å². The van der Waals surface area contributed by atoms with Crippen molar-refractivity contribution < 1.29 is 14.3 Å². The van der Waals surface area contributed by atoms with Crippen LogP contribution < -0.4 is 15.0 Å². The predicted octanol–water partition coefficient (Wildman–Crippen LogP) is 6.29. The SMILES string of the molecule is CCc1ccc(-n2c(C(CC)N(CCc3ccc(OC)c(OC)c3)C(=O)C3CCC3)nc3ccccc3c2=O)cc1. The largest absolute Gasteiger partial charge is 0.493 e. The molecular formula is C34H39N3O4. The Morgan fingerprint density at radius 2 is 1.68 bits per heavy atom. The Morgan fingerprint density at radius 1 is 0.976 bits per heavy atom. The van der Waals surface area contributed by atoms with Crippen LogP contribution in [-0.4, -0.2) is 41.1 Å². The van der Waals surface area contributed by atoms with Gasteiger partial charge in [-0.15, -0.1) is 0 Å². The van der Waals surface area contributed by atoms with E-state index in [-0.39, 0.29) is 23.4 Å². The van der Waals surface area contributed by atoms with Crippen LogP contribution >= 0.6 is 0 Å². The van der Waals surface area contributed by atoms with Crippen molar-refractivity contribution in [3.05, 3.63) is 94.0 Å². The highest BCUT2D eigenvalue weighted by Crippen LogP contribution is 2.34. The topological polar surface area (TPSA) is 73.7 Å². The molecule has 7 heteroatoms. The Hall–Kier alpha value is -4.13. The quantitative estimate of drug-likeness (QED) is 0.218. The molecule has 214 valence electrons. The average Bonchev–Trinajstić information content (AvgIpc) is 2.98. The van der Waals surface area contributed by atoms with Crippen LogP contribution in [-0.2, 0) is 17.6 Å². The molecule has 0 radical (unpaired) electrons. The molecule has 1 aliphatic carbocycles. The van der Waals surface area contributed by atoms with Gasteiger partial charge in [0.1, 0.15) is 5.82 Å². The van der Waals surface area contributed by atoms with Gasteiger partial charge in [0.2, 0.25) is 5.91 Å². The lowest BCUT2D eigenvalue weighted by molar-refractivity contribution is -0.141. The maximum atomic E-state index is 14.0. The molecule has 1 atom stereocenters. The first kappa shape index (κ1) is 28.4. The highest BCUT2D eigenvalue weighted by Gasteiger charge is 2.35. The van der Waals surface area contributed by atoms with Gasteiger partial charge in [-0.25, -0.2) is 4.98 Å². The van der Waals surface area contributed by atoms with Crippen LogP contribution in [0.2, 0.25) is 0 Å². The number of carbonyl (C=O) groups excluding carboxylic acids is 1. The molecule has 7 nitrogen and oxygen atoms in total. The summed E-state index contributed by atoms with van der Waals surface area (Å²) < 4.78 is 12.6. The molecular weight excluding hydrogens is 514 g/mol. The van der Waals surface area contributed by atoms with E-state index in [1.807, 2.05) is 59.5 Å². The smallest absolute Gasteiger partial charge is 0.266 e. The van der Waals surface area contributed by atoms with E-state index >= 15 is 0 Å². The number of carbonyl (C=O) groups is 1. The molecule has 1 aromatic heterocycles. The van der Waals surface area contributed by atoms with Crippen molar-refractivity contribution in [3.8, 4) is 17.2 Å². The van der Waals surface area contributed by atoms with Crippen molar-refractivity contribution in [2.75, 3.05) is 20.8 Å². The number of rotatable bonds is 11. The van der Waals surface area contributed by atoms with E-state index in [1.165, 1.54) is 5.56 Å². The van der Waals surface area contributed by atoms with Crippen LogP contribution in [0.3, 0.4) is 0 Å². The van der Waals surface area contributed by atoms with Gasteiger partial charge in [0.15, 0.2) is 11.5 Å². The summed E-state index contributed by atoms with van der Waals surface area (Å²) in [5, 5.41) is 0.563. The van der Waals surface area contributed by atoms with Crippen molar-refractivity contribution in [1.29, 1.82) is 0 Å². The van der Waals surface area contributed by atoms with Crippen LogP contribution in [0, 0.1) is 5.92 Å². The minimum Gasteiger partial charge on any atom is -0.493 e. The Labute approximate surface area is 241 Å². The lowest BCUT2D eigenvalue weighted by atomic mass is 9.84. The molecule has 41 heavy (non-hydrogen) atoms. The van der Waals surface area contributed by atoms with Gasteiger partial charge in [0.05, 0.1) is 36.9 Å². The van der Waals surface area contributed by atoms with E-state index in [4.69, 9.17) is 14.5 Å². The average molecular weight is 554 g/mol. The van der Waals surface area contributed by atoms with Gasteiger partial charge in [-0.2, -0.15) is 0 Å². The van der Waals surface area contributed by atoms with E-state index in [9.17, 15) is 9.59 Å². The fourth-order valence-corrected chi connectivity index (χ4v) is 5.64. The second-order valence-electron chi connectivity index (χ2n) is 10.7. The first-order valence-corrected chi connectivity index (χ1v) is 14.6. The van der Waals surface area contributed by atoms with E-state index in [0.29, 0.717) is 47.6 Å². The number of fused-ring (bicyclic) bond motifs is 1. The summed E-state index contributed by atoms with van der Waals surface area (Å²) in [6, 6.07) is 21.0. The summed E-state index contributed by atoms with van der Waals surface area (Å²) in [7, 11) is 3.24. The number of para-hydroxylation sites is 1. The number of ether oxygens (including phenoxy) is 2. The minimum atomic E-state index is -0.369. The highest BCUT2D eigenvalue weighted by molar-refractivity contribution is 5.81. The zero-order chi connectivity index (χ0) is 28.9. The first-order chi connectivity index (χ1) is 20.0. The van der Waals surface area contributed by atoms with Gasteiger partial charge in [0.25, 0.3) is 5.56 Å². The maximum Gasteiger partial charge on any atom is 0.266 e. The van der Waals surface area contributed by atoms with Crippen molar-refractivity contribution in [2.24, 2.45) is 5.92 Å². The highest BCUT2D eigenvalue weighted by atomic mass is 16.5. The Kier molecular flexibility index (Phi) is 8.72. The molecule has 0 N–H and O–H groups in total. The van der Waals surface area contributed by atoms with Crippen molar-refractivity contribution in [3.63, 3.8) is 0 Å². The lowest BCUT2D eigenvalue weighted by Gasteiger charge is -2.37. The van der Waals surface area contributed by atoms with Gasteiger partial charge in [0, 0.05) is 12.5 Å². The normalized spacial score (nSPS) is 14.0. The fraction of sp³-hybridized carbons (Fsp3) is 0.382. The van der Waals surface area contributed by atoms with Crippen molar-refractivity contribution in [2.45, 2.75) is 58.4 Å². The minimum absolute atomic E-state index is 0.0129. The van der Waals surface area contributed by atoms with E-state index < -0.39 is 0 Å². The monoisotopic (exact) mass is 553 g/mol. The van der Waals surface area contributed by atoms with Gasteiger partial charge in [-0.05, 0) is 79.6 Å². The molecule has 0 bridgehead atoms. The fourth-order valence-electron chi connectivity index (χ4n) is 5.64. The van der Waals surface area contributed by atoms with Gasteiger partial charge in [-0.3, -0.25) is 14.2 Å². The number of hydrogen-bond acceptors (Lipinski definition) is 5. The first-order valence-electron chi connectivity index (χ1n) is 14.6. The van der Waals surface area contributed by atoms with Gasteiger partial charge < -0.3 is 14.4 Å². The second kappa shape index (κ2) is 12.6. The van der Waals surface area contributed by atoms with Crippen LogP contribution in [0.25, 0.3) is 16.6 Å². The molecule has 1 saturated carbocycles. The second-order valence-corrected chi connectivity index (χ2v) is 10.7. The standard InChI is InChI=1S/C34H39N3O4/c1-5-23-14-17-26(18-15-23)37-32(35-28-13-8-7-12-27(28)34(37)39)29(6-2)36(33(38)25-10-9-11-25)21-20-24-16-19-30(40-3)31(22-24)41-4/h7-8,12-19,22,25,29H,5-6,9-11,20-21H2,1-4H3. The summed E-state index contributed by atoms with van der Waals surface area (Å²) in [6.45, 7) is 4.68. The number of aromatic nitrogens is 2. The Balaban J connectivity index is 1.60. The Bertz CT molecular complexity index is 1570. The molecule has 0 saturated heterocycles. The number of nitrogens with zero attached hydrogens (tertiary/aromatic N) is 3. The van der Waals surface area contributed by atoms with Crippen molar-refractivity contribution >= 4 is 16.8 Å². The maximum absolute atomic E-state index is 14.0. The van der Waals surface area contributed by atoms with Crippen LogP contribution in [0.15, 0.2) is 71.5 Å². The third-order valence-electron chi connectivity index (χ3n) is 8.29. The molecule has 0 spiro atoms. The molecule has 4 aromatic rings. The van der Waals surface area contributed by atoms with E-state index in [1.54, 1.807) is 18.8 Å². The third kappa shape index (κ3) is 5.71. The number of hydrogen-bond donors (Lipinski definition) is 0. The lowest BCUT2D eigenvalue weighted by Crippen LogP contribution is -2.44. The molecule has 0 aliphatic heterocycles. The Morgan fingerprint density at radius 3 is 2.32 bits per heavy atom. The molecule has 1 unspecified atom stereocenters. The summed E-state index contributed by atoms with van der Waals surface area (Å²) in [5.74, 6) is 2.08. The van der Waals surface area contributed by atoms with E-state index in [0.717, 1.165) is 36.9 Å². The molecule has 3 aromatic carbocycles. The molecule has 1 amide bonds. The van der Waals surface area contributed by atoms with Gasteiger partial charge >= 0.3 is 0 Å². The van der Waals surface area contributed by atoms with E-state index in [2.05, 4.69) is 26.0 Å². The number of amides is 1. The van der Waals surface area contributed by atoms with Crippen LogP contribution in [0.5, 0.6) is 11.5 Å². The number of aryl methyl sites for hydroxylation is 1. The molecule has 1 fully saturated rings. The zero-order valence-corrected chi connectivity index (χ0v) is 24.4.